The van der Waals surface area contributed by atoms with Crippen LogP contribution in [0.25, 0.3) is 0 Å². The third kappa shape index (κ3) is 3.76. The average molecular weight is 554 g/mol. The van der Waals surface area contributed by atoms with Crippen molar-refractivity contribution in [1.82, 2.24) is 9.80 Å². The summed E-state index contributed by atoms with van der Waals surface area (Å²) in [4.78, 5) is 32.7. The topological polar surface area (TPSA) is 64.1 Å². The van der Waals surface area contributed by atoms with Gasteiger partial charge in [0.25, 0.3) is 5.92 Å². The lowest BCUT2D eigenvalue weighted by atomic mass is 9.70. The molecule has 2 amide bonds. The van der Waals surface area contributed by atoms with Gasteiger partial charge in [-0.1, -0.05) is 29.3 Å². The molecule has 2 saturated heterocycles. The number of hydrogen-bond acceptors (Lipinski definition) is 5. The maximum atomic E-state index is 13.8. The van der Waals surface area contributed by atoms with E-state index in [-0.39, 0.29) is 36.5 Å². The molecule has 6 aliphatic rings. The van der Waals surface area contributed by atoms with Crippen LogP contribution < -0.4 is 4.90 Å². The van der Waals surface area contributed by atoms with Gasteiger partial charge >= 0.3 is 0 Å². The van der Waals surface area contributed by atoms with E-state index in [1.807, 2.05) is 12.1 Å². The molecule has 1 aromatic rings. The van der Waals surface area contributed by atoms with Gasteiger partial charge in [-0.25, -0.2) is 8.78 Å². The fourth-order valence-corrected chi connectivity index (χ4v) is 8.59. The summed E-state index contributed by atoms with van der Waals surface area (Å²) in [6.45, 7) is 4.89. The summed E-state index contributed by atoms with van der Waals surface area (Å²) < 4.78 is 27.7. The van der Waals surface area contributed by atoms with E-state index in [4.69, 9.17) is 23.2 Å². The van der Waals surface area contributed by atoms with Gasteiger partial charge < -0.3 is 10.0 Å². The molecule has 2 bridgehead atoms. The summed E-state index contributed by atoms with van der Waals surface area (Å²) >= 11 is 12.6. The zero-order valence-corrected chi connectivity index (χ0v) is 22.0. The number of fused-ring (bicyclic) bond motifs is 5. The largest absolute Gasteiger partial charge is 0.389 e. The maximum absolute atomic E-state index is 13.8. The Morgan fingerprint density at radius 3 is 2.32 bits per heavy atom. The lowest BCUT2D eigenvalue weighted by molar-refractivity contribution is -0.142. The SMILES string of the molecule is O=C1C2C3CC(C2C(=O)N1C[C@H]1C[C@@H]1CN1CCN(c2cccc(Cl)c2Cl)CC1)C(O)(C1CC1(F)F)C3. The lowest BCUT2D eigenvalue weighted by Gasteiger charge is -2.37. The Bertz CT molecular complexity index is 1160. The molecule has 37 heavy (non-hydrogen) atoms. The number of imide groups is 1. The molecule has 10 heteroatoms. The van der Waals surface area contributed by atoms with Gasteiger partial charge in [-0.2, -0.15) is 0 Å². The first kappa shape index (κ1) is 24.6. The first-order valence-corrected chi connectivity index (χ1v) is 14.2. The lowest BCUT2D eigenvalue weighted by Crippen LogP contribution is -2.47. The second-order valence-electron chi connectivity index (χ2n) is 12.3. The van der Waals surface area contributed by atoms with Crippen molar-refractivity contribution in [2.24, 2.45) is 41.4 Å². The number of benzene rings is 1. The Hall–Kier alpha value is -1.48. The van der Waals surface area contributed by atoms with Crippen molar-refractivity contribution in [3.8, 4) is 0 Å². The maximum Gasteiger partial charge on any atom is 0.254 e. The Balaban J connectivity index is 0.936. The number of anilines is 1. The molecule has 6 unspecified atom stereocenters. The molecule has 0 radical (unpaired) electrons. The zero-order valence-electron chi connectivity index (χ0n) is 20.5. The number of likely N-dealkylation sites (tertiary alicyclic amines) is 1. The van der Waals surface area contributed by atoms with Crippen LogP contribution in [0.15, 0.2) is 18.2 Å². The second-order valence-corrected chi connectivity index (χ2v) is 13.1. The second kappa shape index (κ2) is 8.26. The van der Waals surface area contributed by atoms with Crippen molar-refractivity contribution in [3.63, 3.8) is 0 Å². The molecule has 1 N–H and O–H groups in total. The highest BCUT2D eigenvalue weighted by Gasteiger charge is 2.76. The summed E-state index contributed by atoms with van der Waals surface area (Å²) in [5.74, 6) is -5.24. The number of carbonyl (C=O) groups is 2. The Morgan fingerprint density at radius 2 is 1.62 bits per heavy atom. The van der Waals surface area contributed by atoms with Crippen molar-refractivity contribution in [1.29, 1.82) is 0 Å². The van der Waals surface area contributed by atoms with E-state index in [9.17, 15) is 23.5 Å². The number of halogens is 4. The predicted molar refractivity (Wildman–Crippen MR) is 135 cm³/mol. The van der Waals surface area contributed by atoms with Crippen LogP contribution in [-0.2, 0) is 9.59 Å². The van der Waals surface area contributed by atoms with Gasteiger partial charge in [0, 0.05) is 51.6 Å². The molecule has 2 aliphatic heterocycles. The fraction of sp³-hybridized carbons (Fsp3) is 0.704. The summed E-state index contributed by atoms with van der Waals surface area (Å²) in [6, 6.07) is 5.69. The highest BCUT2D eigenvalue weighted by molar-refractivity contribution is 6.43. The smallest absolute Gasteiger partial charge is 0.254 e. The molecule has 6 fully saturated rings. The van der Waals surface area contributed by atoms with Crippen LogP contribution in [0.4, 0.5) is 14.5 Å². The highest BCUT2D eigenvalue weighted by atomic mass is 35.5. The minimum atomic E-state index is -2.84. The standard InChI is InChI=1S/C27H31Cl2F2N3O3/c28-18-2-1-3-19(23(18)29)33-6-4-32(5-7-33)12-15-8-16(15)13-34-24(35)21-14-9-17(22(21)25(34)36)26(37,10-14)20-11-27(20,30)31/h1-3,14-17,20-22,37H,4-13H2/t14?,15-,16-,17?,20?,21?,22?,26?/m1/s1. The average Bonchev–Trinajstić information content (AvgIpc) is 3.62. The van der Waals surface area contributed by atoms with Crippen molar-refractivity contribution in [2.45, 2.75) is 37.2 Å². The Labute approximate surface area is 224 Å². The summed E-state index contributed by atoms with van der Waals surface area (Å²) in [5, 5.41) is 12.3. The number of hydrogen-bond donors (Lipinski definition) is 1. The third-order valence-electron chi connectivity index (χ3n) is 10.3. The minimum Gasteiger partial charge on any atom is -0.389 e. The Kier molecular flexibility index (Phi) is 5.48. The number of rotatable bonds is 6. The molecule has 8 atom stereocenters. The molecule has 6 nitrogen and oxygen atoms in total. The van der Waals surface area contributed by atoms with Gasteiger partial charge in [0.05, 0.1) is 39.1 Å². The van der Waals surface area contributed by atoms with Crippen molar-refractivity contribution in [2.75, 3.05) is 44.2 Å². The van der Waals surface area contributed by atoms with E-state index in [1.165, 1.54) is 4.90 Å². The van der Waals surface area contributed by atoms with Gasteiger partial charge in [0.15, 0.2) is 0 Å². The van der Waals surface area contributed by atoms with E-state index in [0.29, 0.717) is 28.9 Å². The molecular weight excluding hydrogens is 523 g/mol. The van der Waals surface area contributed by atoms with E-state index >= 15 is 0 Å². The number of nitrogens with zero attached hydrogens (tertiary/aromatic N) is 3. The minimum absolute atomic E-state index is 0.134. The van der Waals surface area contributed by atoms with Crippen molar-refractivity contribution >= 4 is 40.7 Å². The van der Waals surface area contributed by atoms with Gasteiger partial charge in [-0.15, -0.1) is 0 Å². The van der Waals surface area contributed by atoms with Crippen LogP contribution in [0.1, 0.15) is 25.7 Å². The molecular formula is C27H31Cl2F2N3O3. The molecule has 4 saturated carbocycles. The van der Waals surface area contributed by atoms with E-state index in [0.717, 1.165) is 44.8 Å². The quantitative estimate of drug-likeness (QED) is 0.543. The highest BCUT2D eigenvalue weighted by Crippen LogP contribution is 2.69. The molecule has 2 heterocycles. The summed E-state index contributed by atoms with van der Waals surface area (Å²) in [7, 11) is 0. The van der Waals surface area contributed by atoms with Crippen molar-refractivity contribution in [3.05, 3.63) is 28.2 Å². The number of amides is 2. The van der Waals surface area contributed by atoms with Gasteiger partial charge in [0.2, 0.25) is 11.8 Å². The predicted octanol–water partition coefficient (Wildman–Crippen LogP) is 3.78. The monoisotopic (exact) mass is 553 g/mol. The molecule has 0 aromatic heterocycles. The van der Waals surface area contributed by atoms with Gasteiger partial charge in [-0.05, 0) is 49.1 Å². The van der Waals surface area contributed by atoms with Crippen LogP contribution in [-0.4, -0.2) is 77.5 Å². The van der Waals surface area contributed by atoms with E-state index in [2.05, 4.69) is 9.80 Å². The molecule has 0 spiro atoms. The number of carbonyl (C=O) groups excluding carboxylic acids is 2. The van der Waals surface area contributed by atoms with Crippen LogP contribution in [0.5, 0.6) is 0 Å². The van der Waals surface area contributed by atoms with Crippen molar-refractivity contribution < 1.29 is 23.5 Å². The van der Waals surface area contributed by atoms with Gasteiger partial charge in [-0.3, -0.25) is 19.4 Å². The summed E-state index contributed by atoms with van der Waals surface area (Å²) in [5.41, 5.74) is -0.540. The first-order valence-electron chi connectivity index (χ1n) is 13.4. The van der Waals surface area contributed by atoms with Gasteiger partial charge in [0.1, 0.15) is 0 Å². The molecule has 4 aliphatic carbocycles. The van der Waals surface area contributed by atoms with E-state index < -0.39 is 35.2 Å². The van der Waals surface area contributed by atoms with Crippen LogP contribution in [0, 0.1) is 41.4 Å². The number of piperazine rings is 1. The molecule has 200 valence electrons. The third-order valence-corrected chi connectivity index (χ3v) is 11.1. The fourth-order valence-electron chi connectivity index (χ4n) is 8.18. The Morgan fingerprint density at radius 1 is 0.946 bits per heavy atom. The van der Waals surface area contributed by atoms with Crippen LogP contribution in [0.2, 0.25) is 10.0 Å². The molecule has 7 rings (SSSR count). The number of aliphatic hydroxyl groups is 1. The zero-order chi connectivity index (χ0) is 25.9. The first-order chi connectivity index (χ1) is 17.6. The van der Waals surface area contributed by atoms with E-state index in [1.54, 1.807) is 6.07 Å². The summed E-state index contributed by atoms with van der Waals surface area (Å²) in [6.07, 6.45) is 1.42. The molecule has 1 aromatic carbocycles. The van der Waals surface area contributed by atoms with Crippen LogP contribution >= 0.6 is 23.2 Å². The number of alkyl halides is 2. The van der Waals surface area contributed by atoms with Crippen LogP contribution in [0.3, 0.4) is 0 Å². The normalized spacial score (nSPS) is 42.0.